The van der Waals surface area contributed by atoms with Gasteiger partial charge in [-0.2, -0.15) is 0 Å². The molecule has 0 aromatic carbocycles. The van der Waals surface area contributed by atoms with Crippen molar-refractivity contribution in [2.24, 2.45) is 5.16 Å². The van der Waals surface area contributed by atoms with E-state index >= 15 is 0 Å². The molecule has 15 heavy (non-hydrogen) atoms. The van der Waals surface area contributed by atoms with Gasteiger partial charge < -0.3 is 9.57 Å². The second-order valence-corrected chi connectivity index (χ2v) is 3.71. The largest absolute Gasteiger partial charge is 0.464 e. The van der Waals surface area contributed by atoms with E-state index in [0.717, 1.165) is 5.56 Å². The number of rotatable bonds is 4. The van der Waals surface area contributed by atoms with Crippen molar-refractivity contribution >= 4 is 34.6 Å². The Hall–Kier alpha value is -1.07. The lowest BCUT2D eigenvalue weighted by Gasteiger charge is -2.02. The molecule has 0 saturated heterocycles. The first-order chi connectivity index (χ1) is 7.24. The number of hydrogen-bond donors (Lipinski definition) is 0. The van der Waals surface area contributed by atoms with Crippen molar-refractivity contribution in [3.63, 3.8) is 0 Å². The Kier molecular flexibility index (Phi) is 4.58. The Morgan fingerprint density at radius 2 is 2.33 bits per heavy atom. The van der Waals surface area contributed by atoms with Crippen molar-refractivity contribution in [3.05, 3.63) is 21.9 Å². The Morgan fingerprint density at radius 3 is 2.87 bits per heavy atom. The number of alkyl halides is 1. The number of methoxy groups -OCH3 is 1. The highest BCUT2D eigenvalue weighted by Gasteiger charge is 2.20. The maximum absolute atomic E-state index is 11.4. The number of carbonyl (C=O) groups is 1. The van der Waals surface area contributed by atoms with E-state index in [-0.39, 0.29) is 5.71 Å². The topological polar surface area (TPSA) is 47.9 Å². The fourth-order valence-corrected chi connectivity index (χ4v) is 2.20. The number of ether oxygens (including phenoxy) is 1. The third-order valence-electron chi connectivity index (χ3n) is 1.67. The van der Waals surface area contributed by atoms with Crippen LogP contribution >= 0.6 is 22.9 Å². The average Bonchev–Trinajstić information content (AvgIpc) is 2.72. The maximum Gasteiger partial charge on any atom is 0.361 e. The van der Waals surface area contributed by atoms with Gasteiger partial charge in [-0.25, -0.2) is 4.79 Å². The van der Waals surface area contributed by atoms with Crippen LogP contribution < -0.4 is 0 Å². The molecule has 6 heteroatoms. The van der Waals surface area contributed by atoms with E-state index in [1.165, 1.54) is 25.6 Å². The fraction of sp³-hybridized carbons (Fsp3) is 0.333. The van der Waals surface area contributed by atoms with Crippen LogP contribution in [-0.2, 0) is 20.2 Å². The van der Waals surface area contributed by atoms with E-state index in [1.54, 1.807) is 0 Å². The molecule has 0 fully saturated rings. The lowest BCUT2D eigenvalue weighted by molar-refractivity contribution is -0.132. The third kappa shape index (κ3) is 2.70. The van der Waals surface area contributed by atoms with Crippen LogP contribution in [0.25, 0.3) is 0 Å². The molecule has 82 valence electrons. The number of oxime groups is 1. The fourth-order valence-electron chi connectivity index (χ4n) is 1.01. The first-order valence-corrected chi connectivity index (χ1v) is 5.48. The predicted molar refractivity (Wildman–Crippen MR) is 59.4 cm³/mol. The minimum Gasteiger partial charge on any atom is -0.464 e. The van der Waals surface area contributed by atoms with Crippen molar-refractivity contribution in [2.75, 3.05) is 14.2 Å². The first kappa shape index (κ1) is 12.0. The minimum absolute atomic E-state index is 0.144. The molecule has 1 heterocycles. The zero-order valence-electron chi connectivity index (χ0n) is 8.32. The maximum atomic E-state index is 11.4. The molecule has 0 unspecified atom stereocenters. The summed E-state index contributed by atoms with van der Waals surface area (Å²) < 4.78 is 4.60. The molecule has 1 rings (SSSR count). The molecule has 0 saturated carbocycles. The van der Waals surface area contributed by atoms with Gasteiger partial charge in [0.2, 0.25) is 5.71 Å². The van der Waals surface area contributed by atoms with Gasteiger partial charge in [0.25, 0.3) is 0 Å². The molecular weight excluding hydrogens is 238 g/mol. The molecule has 0 amide bonds. The molecular formula is C9H10ClNO3S. The van der Waals surface area contributed by atoms with E-state index in [4.69, 9.17) is 11.6 Å². The smallest absolute Gasteiger partial charge is 0.361 e. The second-order valence-electron chi connectivity index (χ2n) is 2.52. The summed E-state index contributed by atoms with van der Waals surface area (Å²) in [5, 5.41) is 5.47. The van der Waals surface area contributed by atoms with E-state index < -0.39 is 5.97 Å². The van der Waals surface area contributed by atoms with E-state index in [1.807, 2.05) is 11.4 Å². The van der Waals surface area contributed by atoms with Gasteiger partial charge in [-0.1, -0.05) is 5.16 Å². The molecule has 1 aromatic heterocycles. The van der Waals surface area contributed by atoms with Gasteiger partial charge in [-0.05, 0) is 17.0 Å². The van der Waals surface area contributed by atoms with Crippen molar-refractivity contribution in [1.82, 2.24) is 0 Å². The summed E-state index contributed by atoms with van der Waals surface area (Å²) in [5.74, 6) is -0.218. The lowest BCUT2D eigenvalue weighted by Crippen LogP contribution is -2.17. The van der Waals surface area contributed by atoms with Crippen LogP contribution in [0, 0.1) is 0 Å². The molecule has 1 aromatic rings. The molecule has 0 spiro atoms. The van der Waals surface area contributed by atoms with Crippen LogP contribution in [0.1, 0.15) is 10.4 Å². The van der Waals surface area contributed by atoms with Gasteiger partial charge in [-0.15, -0.1) is 22.9 Å². The monoisotopic (exact) mass is 247 g/mol. The summed E-state index contributed by atoms with van der Waals surface area (Å²) in [7, 11) is 2.67. The van der Waals surface area contributed by atoms with Gasteiger partial charge in [0.05, 0.1) is 12.0 Å². The summed E-state index contributed by atoms with van der Waals surface area (Å²) >= 11 is 7.09. The van der Waals surface area contributed by atoms with Gasteiger partial charge in [-0.3, -0.25) is 0 Å². The predicted octanol–water partition coefficient (Wildman–Crippen LogP) is 2.01. The summed E-state index contributed by atoms with van der Waals surface area (Å²) in [6.07, 6.45) is 0. The van der Waals surface area contributed by atoms with Gasteiger partial charge in [0.15, 0.2) is 0 Å². The van der Waals surface area contributed by atoms with Crippen molar-refractivity contribution < 1.29 is 14.4 Å². The minimum atomic E-state index is -0.536. The highest BCUT2D eigenvalue weighted by Crippen LogP contribution is 2.20. The number of nitrogens with zero attached hydrogens (tertiary/aromatic N) is 1. The zero-order chi connectivity index (χ0) is 11.3. The highest BCUT2D eigenvalue weighted by molar-refractivity contribution is 7.13. The molecule has 0 aliphatic carbocycles. The number of esters is 1. The van der Waals surface area contributed by atoms with E-state index in [0.29, 0.717) is 10.8 Å². The van der Waals surface area contributed by atoms with Crippen LogP contribution in [0.15, 0.2) is 16.6 Å². The quantitative estimate of drug-likeness (QED) is 0.354. The summed E-state index contributed by atoms with van der Waals surface area (Å²) in [6, 6.07) is 1.83. The zero-order valence-corrected chi connectivity index (χ0v) is 9.89. The standard InChI is InChI=1S/C9H10ClNO3S/c1-13-9(12)7(11-14-2)8-6(5-10)3-4-15-8/h3-4H,5H2,1-2H3/b11-7-. The average molecular weight is 248 g/mol. The van der Waals surface area contributed by atoms with Crippen LogP contribution in [0.5, 0.6) is 0 Å². The Morgan fingerprint density at radius 1 is 1.60 bits per heavy atom. The Bertz CT molecular complexity index is 375. The van der Waals surface area contributed by atoms with E-state index in [2.05, 4.69) is 14.7 Å². The van der Waals surface area contributed by atoms with Gasteiger partial charge >= 0.3 is 5.97 Å². The highest BCUT2D eigenvalue weighted by atomic mass is 35.5. The molecule has 0 radical (unpaired) electrons. The first-order valence-electron chi connectivity index (χ1n) is 4.06. The third-order valence-corrected chi connectivity index (χ3v) is 2.92. The van der Waals surface area contributed by atoms with Crippen LogP contribution in [0.2, 0.25) is 0 Å². The lowest BCUT2D eigenvalue weighted by atomic mass is 10.2. The number of thiophene rings is 1. The van der Waals surface area contributed by atoms with Crippen molar-refractivity contribution in [3.8, 4) is 0 Å². The van der Waals surface area contributed by atoms with Crippen molar-refractivity contribution in [1.29, 1.82) is 0 Å². The van der Waals surface area contributed by atoms with Gasteiger partial charge in [0, 0.05) is 5.88 Å². The van der Waals surface area contributed by atoms with Crippen LogP contribution in [0.3, 0.4) is 0 Å². The molecule has 0 aliphatic heterocycles. The van der Waals surface area contributed by atoms with Crippen LogP contribution in [-0.4, -0.2) is 25.9 Å². The number of hydrogen-bond acceptors (Lipinski definition) is 5. The molecule has 0 bridgehead atoms. The van der Waals surface area contributed by atoms with Gasteiger partial charge in [0.1, 0.15) is 7.11 Å². The van der Waals surface area contributed by atoms with E-state index in [9.17, 15) is 4.79 Å². The SMILES string of the molecule is CO/N=C(\C(=O)OC)c1sccc1CCl. The second kappa shape index (κ2) is 5.72. The Labute approximate surface area is 96.4 Å². The summed E-state index contributed by atoms with van der Waals surface area (Å²) in [5.41, 5.74) is 0.980. The molecule has 4 nitrogen and oxygen atoms in total. The molecule has 0 aliphatic rings. The Balaban J connectivity index is 3.10. The van der Waals surface area contributed by atoms with Crippen LogP contribution in [0.4, 0.5) is 0 Å². The summed E-state index contributed by atoms with van der Waals surface area (Å²) in [4.78, 5) is 16.7. The molecule has 0 atom stereocenters. The number of halogens is 1. The molecule has 0 N–H and O–H groups in total. The number of carbonyl (C=O) groups excluding carboxylic acids is 1. The normalized spacial score (nSPS) is 11.3. The summed E-state index contributed by atoms with van der Waals surface area (Å²) in [6.45, 7) is 0. The van der Waals surface area contributed by atoms with Crippen molar-refractivity contribution in [2.45, 2.75) is 5.88 Å².